The molecule has 6 heterocycles. The van der Waals surface area contributed by atoms with Crippen molar-refractivity contribution in [1.82, 2.24) is 25.5 Å². The first-order valence-electron chi connectivity index (χ1n) is 15.0. The zero-order valence-electron chi connectivity index (χ0n) is 23.4. The number of benzene rings is 1. The van der Waals surface area contributed by atoms with E-state index in [0.717, 1.165) is 59.6 Å². The van der Waals surface area contributed by atoms with Crippen LogP contribution in [0.25, 0.3) is 0 Å². The number of rotatable bonds is 4. The highest BCUT2D eigenvalue weighted by Gasteiger charge is 2.51. The Balaban J connectivity index is 1.16. The van der Waals surface area contributed by atoms with Gasteiger partial charge in [-0.3, -0.25) is 15.0 Å². The van der Waals surface area contributed by atoms with Gasteiger partial charge < -0.3 is 19.7 Å². The molecule has 4 saturated heterocycles. The van der Waals surface area contributed by atoms with Gasteiger partial charge in [-0.15, -0.1) is 0 Å². The summed E-state index contributed by atoms with van der Waals surface area (Å²) < 4.78 is 27.5. The minimum Gasteiger partial charge on any atom is -0.461 e. The normalized spacial score (nSPS) is 33.6. The Morgan fingerprint density at radius 2 is 2.02 bits per heavy atom. The van der Waals surface area contributed by atoms with Crippen LogP contribution in [0.4, 0.5) is 15.0 Å². The molecule has 12 heteroatoms. The summed E-state index contributed by atoms with van der Waals surface area (Å²) in [6, 6.07) is 5.77. The van der Waals surface area contributed by atoms with E-state index in [1.165, 1.54) is 0 Å². The van der Waals surface area contributed by atoms with Crippen LogP contribution in [0, 0.1) is 0 Å². The number of halogens is 2. The lowest BCUT2D eigenvalue weighted by Gasteiger charge is -2.41. The van der Waals surface area contributed by atoms with Gasteiger partial charge in [0.15, 0.2) is 0 Å². The Morgan fingerprint density at radius 3 is 2.88 bits per heavy atom. The summed E-state index contributed by atoms with van der Waals surface area (Å²) in [5.41, 5.74) is 2.08. The number of nitrogens with one attached hydrogen (secondary N) is 2. The lowest BCUT2D eigenvalue weighted by molar-refractivity contribution is -0.124. The molecule has 8 rings (SSSR count). The highest BCUT2D eigenvalue weighted by Crippen LogP contribution is 2.49. The maximum absolute atomic E-state index is 14.4. The molecule has 1 aromatic heterocycles. The predicted octanol–water partition coefficient (Wildman–Crippen LogP) is 3.18. The first kappa shape index (κ1) is 26.6. The van der Waals surface area contributed by atoms with Gasteiger partial charge in [0.05, 0.1) is 30.0 Å². The van der Waals surface area contributed by atoms with Crippen LogP contribution in [0.2, 0.25) is 5.02 Å². The molecule has 6 aliphatic rings. The second kappa shape index (κ2) is 9.49. The zero-order chi connectivity index (χ0) is 28.7. The number of anilines is 1. The van der Waals surface area contributed by atoms with Gasteiger partial charge in [0.2, 0.25) is 0 Å². The molecular formula is C30H34ClFN6O4. The van der Waals surface area contributed by atoms with Gasteiger partial charge in [0.1, 0.15) is 24.1 Å². The van der Waals surface area contributed by atoms with E-state index in [2.05, 4.69) is 26.5 Å². The fourth-order valence-electron chi connectivity index (χ4n) is 8.38. The number of imide groups is 1. The molecule has 1 unspecified atom stereocenters. The maximum atomic E-state index is 14.4. The highest BCUT2D eigenvalue weighted by molar-refractivity contribution is 6.31. The van der Waals surface area contributed by atoms with Gasteiger partial charge in [-0.05, 0) is 62.3 Å². The molecule has 0 saturated carbocycles. The minimum absolute atomic E-state index is 0.258. The van der Waals surface area contributed by atoms with Crippen LogP contribution in [0.1, 0.15) is 60.9 Å². The number of carbonyl (C=O) groups excluding carboxylic acids is 2. The van der Waals surface area contributed by atoms with E-state index in [1.807, 2.05) is 12.1 Å². The molecule has 4 fully saturated rings. The molecule has 2 N–H and O–H groups in total. The Hall–Kier alpha value is -3.02. The Bertz CT molecular complexity index is 1490. The Morgan fingerprint density at radius 1 is 1.14 bits per heavy atom. The predicted molar refractivity (Wildman–Crippen MR) is 151 cm³/mol. The van der Waals surface area contributed by atoms with Crippen LogP contribution >= 0.6 is 11.6 Å². The van der Waals surface area contributed by atoms with Crippen molar-refractivity contribution in [2.75, 3.05) is 37.7 Å². The lowest BCUT2D eigenvalue weighted by atomic mass is 9.86. The average Bonchev–Trinajstić information content (AvgIpc) is 3.68. The first-order chi connectivity index (χ1) is 20.3. The molecule has 1 aliphatic carbocycles. The number of aromatic nitrogens is 2. The number of piperidine rings is 1. The van der Waals surface area contributed by atoms with Gasteiger partial charge in [-0.2, -0.15) is 9.97 Å². The third-order valence-corrected chi connectivity index (χ3v) is 10.8. The van der Waals surface area contributed by atoms with E-state index in [1.54, 1.807) is 0 Å². The number of fused-ring (bicyclic) bond motifs is 4. The molecule has 0 radical (unpaired) electrons. The Kier molecular flexibility index (Phi) is 6.01. The molecule has 1 aromatic carbocycles. The number of ether oxygens (including phenoxy) is 2. The maximum Gasteiger partial charge on any atom is 0.322 e. The van der Waals surface area contributed by atoms with E-state index in [0.29, 0.717) is 57.8 Å². The number of urea groups is 1. The van der Waals surface area contributed by atoms with Crippen molar-refractivity contribution in [2.45, 2.75) is 80.8 Å². The van der Waals surface area contributed by atoms with Crippen LogP contribution in [0.15, 0.2) is 18.2 Å². The van der Waals surface area contributed by atoms with E-state index in [9.17, 15) is 14.0 Å². The van der Waals surface area contributed by atoms with Gasteiger partial charge in [0.25, 0.3) is 5.91 Å². The fourth-order valence-corrected chi connectivity index (χ4v) is 8.65. The van der Waals surface area contributed by atoms with Gasteiger partial charge in [-0.1, -0.05) is 23.7 Å². The molecule has 2 aromatic rings. The summed E-state index contributed by atoms with van der Waals surface area (Å²) in [7, 11) is 0. The second-order valence-corrected chi connectivity index (χ2v) is 13.3. The van der Waals surface area contributed by atoms with Gasteiger partial charge in [-0.25, -0.2) is 9.18 Å². The van der Waals surface area contributed by atoms with E-state index in [-0.39, 0.29) is 24.0 Å². The van der Waals surface area contributed by atoms with E-state index in [4.69, 9.17) is 31.0 Å². The van der Waals surface area contributed by atoms with Crippen LogP contribution < -0.4 is 20.3 Å². The molecule has 4 atom stereocenters. The second-order valence-electron chi connectivity index (χ2n) is 12.9. The minimum atomic E-state index is -1.00. The summed E-state index contributed by atoms with van der Waals surface area (Å²) in [5.74, 6) is 0.353. The molecule has 0 bridgehead atoms. The van der Waals surface area contributed by atoms with E-state index < -0.39 is 23.3 Å². The number of amides is 3. The molecular weight excluding hydrogens is 563 g/mol. The van der Waals surface area contributed by atoms with Crippen molar-refractivity contribution in [3.8, 4) is 6.01 Å². The zero-order valence-corrected chi connectivity index (χ0v) is 24.1. The lowest BCUT2D eigenvalue weighted by Crippen LogP contribution is -2.59. The average molecular weight is 597 g/mol. The van der Waals surface area contributed by atoms with Crippen molar-refractivity contribution in [2.24, 2.45) is 0 Å². The molecule has 2 spiro atoms. The summed E-state index contributed by atoms with van der Waals surface area (Å²) in [5, 5.41) is 6.02. The number of nitrogens with zero attached hydrogens (tertiary/aromatic N) is 4. The van der Waals surface area contributed by atoms with Crippen LogP contribution in [0.5, 0.6) is 6.01 Å². The van der Waals surface area contributed by atoms with Crippen molar-refractivity contribution in [3.05, 3.63) is 45.6 Å². The summed E-state index contributed by atoms with van der Waals surface area (Å²) in [6.45, 7) is 2.92. The molecule has 42 heavy (non-hydrogen) atoms. The third kappa shape index (κ3) is 4.03. The number of carbonyl (C=O) groups is 2. The van der Waals surface area contributed by atoms with Crippen molar-refractivity contribution >= 4 is 29.4 Å². The molecule has 10 nitrogen and oxygen atoms in total. The number of hydrogen-bond donors (Lipinski definition) is 2. The number of alkyl halides is 1. The standard InChI is InChI=1S/C30H34ClFN6O4/c31-22-5-1-4-21-19(22)6-9-30(21)13-23-20(15-42-30)24(37-10-3-8-29(16-37)25(39)35-26(40)36-29)34-27(33-23)41-17-28-7-2-11-38(28)14-18(32)12-28/h1,4-5,18H,2-3,6-17H2,(H2,35,36,39,40)/t18-,28+,29-,30?/m1/s1. The SMILES string of the molecule is O=C1NC(=O)[C@]2(CCCN(c3nc(OC[C@@]45CCCN4C[C@H](F)C5)nc4c3COC3(CCc5c(Cl)cccc53)C4)C2)N1. The molecule has 3 amide bonds. The number of hydrogen-bond acceptors (Lipinski definition) is 8. The quantitative estimate of drug-likeness (QED) is 0.518. The molecule has 5 aliphatic heterocycles. The van der Waals surface area contributed by atoms with Crippen LogP contribution in [-0.2, 0) is 34.6 Å². The van der Waals surface area contributed by atoms with Crippen molar-refractivity contribution < 1.29 is 23.5 Å². The monoisotopic (exact) mass is 596 g/mol. The van der Waals surface area contributed by atoms with Crippen molar-refractivity contribution in [3.63, 3.8) is 0 Å². The van der Waals surface area contributed by atoms with E-state index >= 15 is 0 Å². The smallest absolute Gasteiger partial charge is 0.322 e. The first-order valence-corrected chi connectivity index (χ1v) is 15.4. The summed E-state index contributed by atoms with van der Waals surface area (Å²) in [4.78, 5) is 39.1. The topological polar surface area (TPSA) is 109 Å². The van der Waals surface area contributed by atoms with Gasteiger partial charge in [0, 0.05) is 36.5 Å². The van der Waals surface area contributed by atoms with Crippen LogP contribution in [0.3, 0.4) is 0 Å². The van der Waals surface area contributed by atoms with Gasteiger partial charge >= 0.3 is 12.0 Å². The van der Waals surface area contributed by atoms with Crippen molar-refractivity contribution in [1.29, 1.82) is 0 Å². The molecule has 222 valence electrons. The largest absolute Gasteiger partial charge is 0.461 e. The summed E-state index contributed by atoms with van der Waals surface area (Å²) in [6.07, 6.45) is 4.96. The summed E-state index contributed by atoms with van der Waals surface area (Å²) >= 11 is 6.56. The highest BCUT2D eigenvalue weighted by atomic mass is 35.5. The Labute approximate surface area is 248 Å². The third-order valence-electron chi connectivity index (χ3n) is 10.4. The van der Waals surface area contributed by atoms with Crippen LogP contribution in [-0.4, -0.2) is 76.8 Å². The fraction of sp³-hybridized carbons (Fsp3) is 0.600.